The van der Waals surface area contributed by atoms with Gasteiger partial charge in [-0.05, 0) is 24.8 Å². The van der Waals surface area contributed by atoms with Crippen LogP contribution in [-0.4, -0.2) is 18.0 Å². The highest BCUT2D eigenvalue weighted by atomic mass is 35.5. The standard InChI is InChI=1S/C10H14N2OS.ClH/c1-6(9-3-2-4-14-9)10(13)12-8-5-7(8)11;/h2-4,6-8H,5,11H2,1H3,(H,12,13);1H. The van der Waals surface area contributed by atoms with Crippen molar-refractivity contribution in [3.63, 3.8) is 0 Å². The lowest BCUT2D eigenvalue weighted by atomic mass is 10.1. The summed E-state index contributed by atoms with van der Waals surface area (Å²) >= 11 is 1.62. The summed E-state index contributed by atoms with van der Waals surface area (Å²) in [6.45, 7) is 1.93. The van der Waals surface area contributed by atoms with E-state index >= 15 is 0 Å². The lowest BCUT2D eigenvalue weighted by molar-refractivity contribution is -0.122. The number of hydrogen-bond donors (Lipinski definition) is 2. The van der Waals surface area contributed by atoms with Crippen LogP contribution in [-0.2, 0) is 4.79 Å². The van der Waals surface area contributed by atoms with E-state index in [4.69, 9.17) is 5.73 Å². The number of carbonyl (C=O) groups excluding carboxylic acids is 1. The summed E-state index contributed by atoms with van der Waals surface area (Å²) in [4.78, 5) is 12.8. The molecule has 3 nitrogen and oxygen atoms in total. The second-order valence-electron chi connectivity index (χ2n) is 3.75. The zero-order valence-corrected chi connectivity index (χ0v) is 10.1. The first-order valence-corrected chi connectivity index (χ1v) is 5.66. The van der Waals surface area contributed by atoms with Gasteiger partial charge < -0.3 is 11.1 Å². The van der Waals surface area contributed by atoms with Gasteiger partial charge in [-0.3, -0.25) is 4.79 Å². The number of hydrogen-bond acceptors (Lipinski definition) is 3. The molecule has 1 heterocycles. The Bertz CT molecular complexity index is 328. The van der Waals surface area contributed by atoms with E-state index in [1.54, 1.807) is 11.3 Å². The predicted molar refractivity (Wildman–Crippen MR) is 64.5 cm³/mol. The van der Waals surface area contributed by atoms with E-state index < -0.39 is 0 Å². The number of halogens is 1. The van der Waals surface area contributed by atoms with Crippen LogP contribution in [0.1, 0.15) is 24.1 Å². The van der Waals surface area contributed by atoms with Crippen molar-refractivity contribution in [2.75, 3.05) is 0 Å². The molecule has 1 aliphatic carbocycles. The summed E-state index contributed by atoms with van der Waals surface area (Å²) in [6.07, 6.45) is 0.920. The SMILES string of the molecule is CC(C(=O)NC1CC1N)c1cccs1.Cl. The van der Waals surface area contributed by atoms with Gasteiger partial charge in [0.25, 0.3) is 0 Å². The van der Waals surface area contributed by atoms with Gasteiger partial charge in [0.15, 0.2) is 0 Å². The zero-order chi connectivity index (χ0) is 10.1. The molecule has 0 radical (unpaired) electrons. The predicted octanol–water partition coefficient (Wildman–Crippen LogP) is 1.49. The summed E-state index contributed by atoms with van der Waals surface area (Å²) in [7, 11) is 0. The van der Waals surface area contributed by atoms with Crippen LogP contribution in [0.25, 0.3) is 0 Å². The Balaban J connectivity index is 0.00000112. The quantitative estimate of drug-likeness (QED) is 0.849. The van der Waals surface area contributed by atoms with Crippen molar-refractivity contribution in [2.45, 2.75) is 31.3 Å². The number of rotatable bonds is 3. The van der Waals surface area contributed by atoms with Gasteiger partial charge >= 0.3 is 0 Å². The van der Waals surface area contributed by atoms with Crippen LogP contribution < -0.4 is 11.1 Å². The van der Waals surface area contributed by atoms with Gasteiger partial charge in [-0.25, -0.2) is 0 Å². The summed E-state index contributed by atoms with van der Waals surface area (Å²) < 4.78 is 0. The minimum Gasteiger partial charge on any atom is -0.351 e. The second kappa shape index (κ2) is 4.96. The maximum atomic E-state index is 11.7. The third kappa shape index (κ3) is 2.93. The minimum absolute atomic E-state index is 0. The molecule has 0 aliphatic heterocycles. The molecule has 0 bridgehead atoms. The normalized spacial score (nSPS) is 25.2. The summed E-state index contributed by atoms with van der Waals surface area (Å²) in [5, 5.41) is 4.92. The third-order valence-electron chi connectivity index (χ3n) is 2.53. The molecule has 3 atom stereocenters. The monoisotopic (exact) mass is 246 g/mol. The topological polar surface area (TPSA) is 55.1 Å². The Morgan fingerprint density at radius 2 is 2.40 bits per heavy atom. The van der Waals surface area contributed by atoms with Crippen molar-refractivity contribution >= 4 is 29.7 Å². The first-order chi connectivity index (χ1) is 6.68. The molecule has 0 spiro atoms. The molecule has 1 saturated carbocycles. The molecule has 0 aromatic carbocycles. The second-order valence-corrected chi connectivity index (χ2v) is 4.73. The highest BCUT2D eigenvalue weighted by molar-refractivity contribution is 7.10. The fourth-order valence-corrected chi connectivity index (χ4v) is 2.14. The Kier molecular flexibility index (Phi) is 4.13. The Morgan fingerprint density at radius 1 is 1.73 bits per heavy atom. The molecule has 84 valence electrons. The van der Waals surface area contributed by atoms with Crippen molar-refractivity contribution in [1.29, 1.82) is 0 Å². The fraction of sp³-hybridized carbons (Fsp3) is 0.500. The number of nitrogens with one attached hydrogen (secondary N) is 1. The average Bonchev–Trinajstić information content (AvgIpc) is 2.72. The van der Waals surface area contributed by atoms with Gasteiger partial charge in [-0.1, -0.05) is 6.07 Å². The van der Waals surface area contributed by atoms with Crippen molar-refractivity contribution in [1.82, 2.24) is 5.32 Å². The number of amides is 1. The number of thiophene rings is 1. The first-order valence-electron chi connectivity index (χ1n) is 4.78. The lowest BCUT2D eigenvalue weighted by Crippen LogP contribution is -2.32. The van der Waals surface area contributed by atoms with Gasteiger partial charge in [0.05, 0.1) is 5.92 Å². The van der Waals surface area contributed by atoms with Crippen molar-refractivity contribution in [3.05, 3.63) is 22.4 Å². The zero-order valence-electron chi connectivity index (χ0n) is 8.47. The molecule has 5 heteroatoms. The molecular weight excluding hydrogens is 232 g/mol. The Labute approximate surface area is 99.5 Å². The van der Waals surface area contributed by atoms with E-state index in [0.717, 1.165) is 11.3 Å². The molecule has 0 saturated heterocycles. The van der Waals surface area contributed by atoms with Crippen LogP contribution in [0.15, 0.2) is 17.5 Å². The lowest BCUT2D eigenvalue weighted by Gasteiger charge is -2.09. The van der Waals surface area contributed by atoms with Crippen LogP contribution in [0.5, 0.6) is 0 Å². The summed E-state index contributed by atoms with van der Waals surface area (Å²) in [6, 6.07) is 4.34. The van der Waals surface area contributed by atoms with Crippen molar-refractivity contribution in [3.8, 4) is 0 Å². The highest BCUT2D eigenvalue weighted by Crippen LogP contribution is 2.23. The fourth-order valence-electron chi connectivity index (χ4n) is 1.36. The van der Waals surface area contributed by atoms with Gasteiger partial charge in [-0.2, -0.15) is 0 Å². The van der Waals surface area contributed by atoms with Crippen LogP contribution in [0.2, 0.25) is 0 Å². The molecule has 15 heavy (non-hydrogen) atoms. The van der Waals surface area contributed by atoms with E-state index in [0.29, 0.717) is 0 Å². The molecule has 3 N–H and O–H groups in total. The molecule has 1 aliphatic rings. The average molecular weight is 247 g/mol. The molecule has 1 amide bonds. The van der Waals surface area contributed by atoms with Crippen LogP contribution in [0.3, 0.4) is 0 Å². The van der Waals surface area contributed by atoms with E-state index in [-0.39, 0.29) is 36.3 Å². The first kappa shape index (κ1) is 12.5. The third-order valence-corrected chi connectivity index (χ3v) is 3.59. The molecular formula is C10H15ClN2OS. The Hall–Kier alpha value is -0.580. The van der Waals surface area contributed by atoms with Gasteiger partial charge in [-0.15, -0.1) is 23.7 Å². The molecule has 1 aromatic rings. The molecule has 1 aromatic heterocycles. The van der Waals surface area contributed by atoms with Crippen LogP contribution >= 0.6 is 23.7 Å². The van der Waals surface area contributed by atoms with Crippen LogP contribution in [0, 0.1) is 0 Å². The molecule has 1 fully saturated rings. The highest BCUT2D eigenvalue weighted by Gasteiger charge is 2.35. The largest absolute Gasteiger partial charge is 0.351 e. The van der Waals surface area contributed by atoms with Gasteiger partial charge in [0, 0.05) is 17.0 Å². The number of nitrogens with two attached hydrogens (primary N) is 1. The van der Waals surface area contributed by atoms with Crippen LogP contribution in [0.4, 0.5) is 0 Å². The van der Waals surface area contributed by atoms with E-state index in [2.05, 4.69) is 5.32 Å². The molecule has 2 rings (SSSR count). The van der Waals surface area contributed by atoms with E-state index in [1.807, 2.05) is 24.4 Å². The maximum absolute atomic E-state index is 11.7. The van der Waals surface area contributed by atoms with Gasteiger partial charge in [0.1, 0.15) is 0 Å². The van der Waals surface area contributed by atoms with E-state index in [9.17, 15) is 4.79 Å². The van der Waals surface area contributed by atoms with Crippen molar-refractivity contribution < 1.29 is 4.79 Å². The summed E-state index contributed by atoms with van der Waals surface area (Å²) in [5.74, 6) is 0.0354. The van der Waals surface area contributed by atoms with E-state index in [1.165, 1.54) is 0 Å². The summed E-state index contributed by atoms with van der Waals surface area (Å²) in [5.41, 5.74) is 5.62. The minimum atomic E-state index is -0.0530. The Morgan fingerprint density at radius 3 is 2.87 bits per heavy atom. The van der Waals surface area contributed by atoms with Gasteiger partial charge in [0.2, 0.25) is 5.91 Å². The number of carbonyl (C=O) groups is 1. The maximum Gasteiger partial charge on any atom is 0.228 e. The smallest absolute Gasteiger partial charge is 0.228 e. The molecule has 3 unspecified atom stereocenters. The van der Waals surface area contributed by atoms with Crippen molar-refractivity contribution in [2.24, 2.45) is 5.73 Å².